The molecule has 2 N–H and O–H groups in total. The molecule has 5 rings (SSSR count). The zero-order chi connectivity index (χ0) is 26.7. The predicted octanol–water partition coefficient (Wildman–Crippen LogP) is 5.48. The molecule has 0 saturated heterocycles. The zero-order valence-electron chi connectivity index (χ0n) is 19.6. The molecule has 8 nitrogen and oxygen atoms in total. The summed E-state index contributed by atoms with van der Waals surface area (Å²) in [6, 6.07) is 13.7. The van der Waals surface area contributed by atoms with Crippen molar-refractivity contribution in [2.45, 2.75) is 31.1 Å². The van der Waals surface area contributed by atoms with Crippen LogP contribution in [0.3, 0.4) is 0 Å². The van der Waals surface area contributed by atoms with Crippen LogP contribution in [0, 0.1) is 10.1 Å². The maximum Gasteiger partial charge on any atom is 0.280 e. The van der Waals surface area contributed by atoms with Gasteiger partial charge in [0.1, 0.15) is 11.3 Å². The van der Waals surface area contributed by atoms with Gasteiger partial charge in [0.15, 0.2) is 0 Å². The molecule has 3 aromatic carbocycles. The van der Waals surface area contributed by atoms with Crippen molar-refractivity contribution in [3.05, 3.63) is 109 Å². The number of nitrogens with zero attached hydrogens (tertiary/aromatic N) is 1. The number of amides is 1. The normalized spacial score (nSPS) is 21.5. The van der Waals surface area contributed by atoms with E-state index in [2.05, 4.69) is 5.32 Å². The van der Waals surface area contributed by atoms with E-state index in [0.717, 1.165) is 5.56 Å². The van der Waals surface area contributed by atoms with Gasteiger partial charge in [0, 0.05) is 23.3 Å². The van der Waals surface area contributed by atoms with E-state index in [0.29, 0.717) is 15.6 Å². The number of ether oxygens (including phenoxy) is 1. The predicted molar refractivity (Wildman–Crippen MR) is 138 cm³/mol. The fourth-order valence-electron chi connectivity index (χ4n) is 4.87. The van der Waals surface area contributed by atoms with E-state index in [-0.39, 0.29) is 28.4 Å². The van der Waals surface area contributed by atoms with Crippen LogP contribution in [0.25, 0.3) is 6.08 Å². The third-order valence-electron chi connectivity index (χ3n) is 6.70. The molecule has 0 radical (unpaired) electrons. The third-order valence-corrected chi connectivity index (χ3v) is 7.43. The topological polar surface area (TPSA) is 119 Å². The minimum absolute atomic E-state index is 0.0947. The van der Waals surface area contributed by atoms with Crippen molar-refractivity contribution >= 4 is 46.7 Å². The highest BCUT2D eigenvalue weighted by Gasteiger charge is 2.73. The van der Waals surface area contributed by atoms with Crippen LogP contribution in [-0.2, 0) is 16.1 Å². The van der Waals surface area contributed by atoms with E-state index < -0.39 is 33.6 Å². The summed E-state index contributed by atoms with van der Waals surface area (Å²) in [7, 11) is 0. The Morgan fingerprint density at radius 3 is 2.54 bits per heavy atom. The minimum atomic E-state index is -2.41. The number of halogens is 2. The Morgan fingerprint density at radius 1 is 1.11 bits per heavy atom. The molecule has 3 aromatic rings. The molecule has 2 aliphatic rings. The number of fused-ring (bicyclic) bond motifs is 5. The molecule has 10 heteroatoms. The van der Waals surface area contributed by atoms with Crippen LogP contribution >= 0.6 is 23.2 Å². The van der Waals surface area contributed by atoms with Gasteiger partial charge in [-0.15, -0.1) is 0 Å². The number of nitro benzene ring substituents is 1. The molecular formula is C27H20Cl2N2O6. The second-order valence-corrected chi connectivity index (χ2v) is 10.0. The lowest BCUT2D eigenvalue weighted by atomic mass is 9.82. The first-order valence-corrected chi connectivity index (χ1v) is 12.1. The number of Topliss-reactive ketones (excluding diaryl/α,β-unsaturated/α-hetero) is 1. The third kappa shape index (κ3) is 3.63. The number of nitrogens with one attached hydrogen (secondary N) is 1. The summed E-state index contributed by atoms with van der Waals surface area (Å²) in [5, 5.41) is 26.9. The quantitative estimate of drug-likeness (QED) is 0.252. The molecule has 2 unspecified atom stereocenters. The highest BCUT2D eigenvalue weighted by molar-refractivity contribution is 6.42. The molecule has 1 heterocycles. The summed E-state index contributed by atoms with van der Waals surface area (Å²) in [5.41, 5.74) is -1.40. The number of carbonyl (C=O) groups is 2. The van der Waals surface area contributed by atoms with Crippen LogP contribution in [0.1, 0.15) is 52.4 Å². The average Bonchev–Trinajstić information content (AvgIpc) is 3.21. The number of hydrogen-bond donors (Lipinski definition) is 2. The number of hydrogen-bond acceptors (Lipinski definition) is 6. The monoisotopic (exact) mass is 538 g/mol. The standard InChI is InChI=1S/C27H20Cl2N2O6/c1-14(2)16-8-9-17-22(13-16)37-27(34)18-4-3-5-21(31(35)36)24(18)25(33)26(17,27)30-23(32)11-7-15-6-10-19(28)20(29)12-15/h3-14,34H,1-2H3,(H,30,32). The smallest absolute Gasteiger partial charge is 0.280 e. The number of aliphatic hydroxyl groups is 1. The van der Waals surface area contributed by atoms with Crippen molar-refractivity contribution in [1.29, 1.82) is 0 Å². The van der Waals surface area contributed by atoms with Gasteiger partial charge in [0.25, 0.3) is 11.5 Å². The summed E-state index contributed by atoms with van der Waals surface area (Å²) >= 11 is 12.0. The lowest BCUT2D eigenvalue weighted by Crippen LogP contribution is -2.59. The van der Waals surface area contributed by atoms with E-state index >= 15 is 0 Å². The van der Waals surface area contributed by atoms with Gasteiger partial charge in [-0.3, -0.25) is 19.7 Å². The summed E-state index contributed by atoms with van der Waals surface area (Å²) in [6.07, 6.45) is 2.63. The second-order valence-electron chi connectivity index (χ2n) is 9.19. The highest BCUT2D eigenvalue weighted by Crippen LogP contribution is 2.59. The van der Waals surface area contributed by atoms with Gasteiger partial charge in [-0.25, -0.2) is 0 Å². The van der Waals surface area contributed by atoms with E-state index in [1.807, 2.05) is 13.8 Å². The molecule has 37 heavy (non-hydrogen) atoms. The molecule has 0 aromatic heterocycles. The average molecular weight is 539 g/mol. The van der Waals surface area contributed by atoms with Gasteiger partial charge in [0.05, 0.1) is 15.0 Å². The van der Waals surface area contributed by atoms with Crippen LogP contribution in [0.5, 0.6) is 5.75 Å². The lowest BCUT2D eigenvalue weighted by Gasteiger charge is -2.34. The van der Waals surface area contributed by atoms with Crippen molar-refractivity contribution in [2.24, 2.45) is 0 Å². The van der Waals surface area contributed by atoms with Gasteiger partial charge >= 0.3 is 0 Å². The maximum atomic E-state index is 14.0. The largest absolute Gasteiger partial charge is 0.454 e. The maximum absolute atomic E-state index is 14.0. The Hall–Kier alpha value is -3.72. The molecule has 1 aliphatic heterocycles. The van der Waals surface area contributed by atoms with Crippen LogP contribution < -0.4 is 10.1 Å². The van der Waals surface area contributed by atoms with Gasteiger partial charge in [-0.1, -0.05) is 67.4 Å². The SMILES string of the molecule is CC(C)c1ccc2c(c1)OC1(O)c3cccc([N+](=O)[O-])c3C(=O)C21NC(=O)C=Cc1ccc(Cl)c(Cl)c1. The van der Waals surface area contributed by atoms with Gasteiger partial charge in [-0.2, -0.15) is 0 Å². The number of ketones is 1. The molecule has 0 bridgehead atoms. The molecule has 1 aliphatic carbocycles. The molecule has 1 amide bonds. The summed E-state index contributed by atoms with van der Waals surface area (Å²) < 4.78 is 5.98. The van der Waals surface area contributed by atoms with Crippen LogP contribution in [0.15, 0.2) is 60.7 Å². The van der Waals surface area contributed by atoms with E-state index in [9.17, 15) is 24.8 Å². The first kappa shape index (κ1) is 25.0. The minimum Gasteiger partial charge on any atom is -0.454 e. The highest BCUT2D eigenvalue weighted by atomic mass is 35.5. The summed E-state index contributed by atoms with van der Waals surface area (Å²) in [5.74, 6) is -3.67. The van der Waals surface area contributed by atoms with Gasteiger partial charge in [0.2, 0.25) is 17.2 Å². The van der Waals surface area contributed by atoms with E-state index in [1.165, 1.54) is 30.4 Å². The Bertz CT molecular complexity index is 1540. The lowest BCUT2D eigenvalue weighted by molar-refractivity contribution is -0.385. The number of benzene rings is 3. The Morgan fingerprint density at radius 2 is 1.86 bits per heavy atom. The Labute approximate surface area is 221 Å². The second kappa shape index (κ2) is 8.69. The van der Waals surface area contributed by atoms with Crippen molar-refractivity contribution < 1.29 is 24.4 Å². The van der Waals surface area contributed by atoms with Crippen LogP contribution in [-0.4, -0.2) is 21.7 Å². The molecule has 0 spiro atoms. The van der Waals surface area contributed by atoms with Crippen LogP contribution in [0.2, 0.25) is 10.0 Å². The fourth-order valence-corrected chi connectivity index (χ4v) is 5.17. The molecule has 188 valence electrons. The van der Waals surface area contributed by atoms with Crippen molar-refractivity contribution in [2.75, 3.05) is 0 Å². The first-order valence-electron chi connectivity index (χ1n) is 11.3. The Kier molecular flexibility index (Phi) is 5.86. The van der Waals surface area contributed by atoms with E-state index in [1.54, 1.807) is 36.4 Å². The van der Waals surface area contributed by atoms with E-state index in [4.69, 9.17) is 27.9 Å². The zero-order valence-corrected chi connectivity index (χ0v) is 21.1. The van der Waals surface area contributed by atoms with Gasteiger partial charge < -0.3 is 15.2 Å². The molecule has 0 saturated carbocycles. The molecule has 2 atom stereocenters. The summed E-state index contributed by atoms with van der Waals surface area (Å²) in [6.45, 7) is 3.95. The van der Waals surface area contributed by atoms with Crippen molar-refractivity contribution in [3.8, 4) is 5.75 Å². The fraction of sp³-hybridized carbons (Fsp3) is 0.185. The molecular weight excluding hydrogens is 519 g/mol. The van der Waals surface area contributed by atoms with Gasteiger partial charge in [-0.05, 0) is 41.3 Å². The number of nitro groups is 1. The molecule has 0 fully saturated rings. The first-order chi connectivity index (χ1) is 17.5. The van der Waals surface area contributed by atoms with Crippen LogP contribution in [0.4, 0.5) is 5.69 Å². The van der Waals surface area contributed by atoms with Crippen molar-refractivity contribution in [1.82, 2.24) is 5.32 Å². The summed E-state index contributed by atoms with van der Waals surface area (Å²) in [4.78, 5) is 38.2. The number of rotatable bonds is 5. The Balaban J connectivity index is 1.64. The number of carbonyl (C=O) groups excluding carboxylic acids is 2. The van der Waals surface area contributed by atoms with Crippen molar-refractivity contribution in [3.63, 3.8) is 0 Å².